The third kappa shape index (κ3) is 3.85. The third-order valence-corrected chi connectivity index (χ3v) is 5.70. The first-order valence-corrected chi connectivity index (χ1v) is 10.2. The van der Waals surface area contributed by atoms with Gasteiger partial charge in [-0.15, -0.1) is 0 Å². The largest absolute Gasteiger partial charge is 0.496 e. The minimum atomic E-state index is -0.406. The van der Waals surface area contributed by atoms with Gasteiger partial charge in [0.25, 0.3) is 0 Å². The summed E-state index contributed by atoms with van der Waals surface area (Å²) in [4.78, 5) is 11.9. The number of benzene rings is 3. The van der Waals surface area contributed by atoms with Crippen molar-refractivity contribution in [2.45, 2.75) is 13.5 Å². The lowest BCUT2D eigenvalue weighted by atomic mass is 9.91. The van der Waals surface area contributed by atoms with Gasteiger partial charge in [0, 0.05) is 17.7 Å². The Morgan fingerprint density at radius 1 is 1.09 bits per heavy atom. The van der Waals surface area contributed by atoms with Crippen molar-refractivity contribution in [2.24, 2.45) is 5.73 Å². The van der Waals surface area contributed by atoms with Gasteiger partial charge in [0.2, 0.25) is 0 Å². The highest BCUT2D eigenvalue weighted by atomic mass is 19.1. The van der Waals surface area contributed by atoms with E-state index in [4.69, 9.17) is 19.9 Å². The molecule has 1 aliphatic heterocycles. The maximum absolute atomic E-state index is 14.6. The molecule has 3 aromatic carbocycles. The van der Waals surface area contributed by atoms with Crippen LogP contribution >= 0.6 is 0 Å². The molecule has 0 spiro atoms. The van der Waals surface area contributed by atoms with Gasteiger partial charge in [-0.2, -0.15) is 0 Å². The van der Waals surface area contributed by atoms with Crippen molar-refractivity contribution in [3.8, 4) is 33.8 Å². The Morgan fingerprint density at radius 3 is 2.53 bits per heavy atom. The molecule has 0 radical (unpaired) electrons. The van der Waals surface area contributed by atoms with Gasteiger partial charge in [-0.05, 0) is 65.1 Å². The van der Waals surface area contributed by atoms with E-state index in [1.807, 2.05) is 49.4 Å². The maximum Gasteiger partial charge on any atom is 0.337 e. The monoisotopic (exact) mass is 433 g/mol. The van der Waals surface area contributed by atoms with Crippen molar-refractivity contribution in [3.63, 3.8) is 0 Å². The van der Waals surface area contributed by atoms with E-state index in [1.165, 1.54) is 20.3 Å². The molecule has 164 valence electrons. The molecule has 0 saturated carbocycles. The van der Waals surface area contributed by atoms with Crippen molar-refractivity contribution < 1.29 is 23.4 Å². The normalized spacial score (nSPS) is 12.5. The van der Waals surface area contributed by atoms with Gasteiger partial charge in [-0.3, -0.25) is 0 Å². The molecular weight excluding hydrogens is 409 g/mol. The first kappa shape index (κ1) is 21.6. The number of esters is 1. The molecule has 0 aromatic heterocycles. The Bertz CT molecular complexity index is 1230. The first-order chi connectivity index (χ1) is 15.5. The second-order valence-electron chi connectivity index (χ2n) is 7.52. The molecule has 0 saturated heterocycles. The average molecular weight is 433 g/mol. The van der Waals surface area contributed by atoms with Crippen LogP contribution < -0.4 is 15.2 Å². The lowest BCUT2D eigenvalue weighted by Gasteiger charge is -2.19. The number of hydrogen-bond acceptors (Lipinski definition) is 5. The number of rotatable bonds is 5. The Labute approximate surface area is 186 Å². The molecule has 5 nitrogen and oxygen atoms in total. The van der Waals surface area contributed by atoms with Crippen molar-refractivity contribution in [3.05, 3.63) is 76.6 Å². The van der Waals surface area contributed by atoms with E-state index in [9.17, 15) is 9.18 Å². The van der Waals surface area contributed by atoms with E-state index >= 15 is 0 Å². The number of carbonyl (C=O) groups is 1. The summed E-state index contributed by atoms with van der Waals surface area (Å²) in [5, 5.41) is 0. The number of carbonyl (C=O) groups excluding carboxylic acids is 1. The van der Waals surface area contributed by atoms with Crippen LogP contribution in [0.2, 0.25) is 0 Å². The second-order valence-corrected chi connectivity index (χ2v) is 7.52. The van der Waals surface area contributed by atoms with Gasteiger partial charge in [0.15, 0.2) is 0 Å². The number of hydrogen-bond donors (Lipinski definition) is 1. The van der Waals surface area contributed by atoms with E-state index in [2.05, 4.69) is 0 Å². The minimum absolute atomic E-state index is 0.0621. The smallest absolute Gasteiger partial charge is 0.337 e. The fourth-order valence-electron chi connectivity index (χ4n) is 4.00. The molecule has 6 heteroatoms. The summed E-state index contributed by atoms with van der Waals surface area (Å²) in [5.74, 6) is 0.340. The highest BCUT2D eigenvalue weighted by Crippen LogP contribution is 2.37. The standard InChI is InChI=1S/C26H24FNO4/c1-15-20(16-7-8-24-18(9-16)10-19(14-32-24)26(29)31-3)5-4-6-21(15)17-11-23(27)22(13-28)25(12-17)30-2/h4-12H,13-14,28H2,1-3H3. The summed E-state index contributed by atoms with van der Waals surface area (Å²) in [5.41, 5.74) is 11.8. The zero-order chi connectivity index (χ0) is 22.8. The van der Waals surface area contributed by atoms with Crippen LogP contribution in [0.5, 0.6) is 11.5 Å². The molecule has 0 bridgehead atoms. The van der Waals surface area contributed by atoms with Gasteiger partial charge < -0.3 is 19.9 Å². The van der Waals surface area contributed by atoms with Crippen molar-refractivity contribution in [1.82, 2.24) is 0 Å². The summed E-state index contributed by atoms with van der Waals surface area (Å²) >= 11 is 0. The maximum atomic E-state index is 14.6. The molecule has 1 aliphatic rings. The highest BCUT2D eigenvalue weighted by molar-refractivity contribution is 5.95. The van der Waals surface area contributed by atoms with Crippen LogP contribution in [0.25, 0.3) is 28.3 Å². The number of ether oxygens (including phenoxy) is 3. The minimum Gasteiger partial charge on any atom is -0.496 e. The van der Waals surface area contributed by atoms with Gasteiger partial charge in [-0.25, -0.2) is 9.18 Å². The molecular formula is C26H24FNO4. The van der Waals surface area contributed by atoms with Crippen LogP contribution in [0.3, 0.4) is 0 Å². The van der Waals surface area contributed by atoms with Crippen molar-refractivity contribution in [2.75, 3.05) is 20.8 Å². The number of halogens is 1. The molecule has 1 heterocycles. The second kappa shape index (κ2) is 8.85. The van der Waals surface area contributed by atoms with Crippen LogP contribution in [0, 0.1) is 12.7 Å². The quantitative estimate of drug-likeness (QED) is 0.581. The van der Waals surface area contributed by atoms with Gasteiger partial charge in [-0.1, -0.05) is 24.3 Å². The summed E-state index contributed by atoms with van der Waals surface area (Å²) in [6.45, 7) is 2.24. The van der Waals surface area contributed by atoms with Gasteiger partial charge >= 0.3 is 5.97 Å². The first-order valence-electron chi connectivity index (χ1n) is 10.2. The highest BCUT2D eigenvalue weighted by Gasteiger charge is 2.19. The average Bonchev–Trinajstić information content (AvgIpc) is 2.82. The SMILES string of the molecule is COC(=O)C1=Cc2cc(-c3cccc(-c4cc(F)c(CN)c(OC)c4)c3C)ccc2OC1. The summed E-state index contributed by atoms with van der Waals surface area (Å²) in [6, 6.07) is 15.0. The Morgan fingerprint density at radius 2 is 1.84 bits per heavy atom. The van der Waals surface area contributed by atoms with Gasteiger partial charge in [0.1, 0.15) is 23.9 Å². The molecule has 3 aromatic rings. The molecule has 0 amide bonds. The lowest BCUT2D eigenvalue weighted by molar-refractivity contribution is -0.136. The summed E-state index contributed by atoms with van der Waals surface area (Å²) in [6.07, 6.45) is 1.79. The molecule has 4 rings (SSSR count). The lowest BCUT2D eigenvalue weighted by Crippen LogP contribution is -2.15. The summed E-state index contributed by atoms with van der Waals surface area (Å²) < 4.78 is 30.5. The fraction of sp³-hybridized carbons (Fsp3) is 0.192. The molecule has 0 aliphatic carbocycles. The Balaban J connectivity index is 1.79. The van der Waals surface area contributed by atoms with Gasteiger partial charge in [0.05, 0.1) is 19.8 Å². The molecule has 2 N–H and O–H groups in total. The van der Waals surface area contributed by atoms with Crippen molar-refractivity contribution >= 4 is 12.0 Å². The van der Waals surface area contributed by atoms with E-state index in [0.717, 1.165) is 27.8 Å². The molecule has 0 atom stereocenters. The number of fused-ring (bicyclic) bond motifs is 1. The predicted octanol–water partition coefficient (Wildman–Crippen LogP) is 4.88. The topological polar surface area (TPSA) is 70.8 Å². The zero-order valence-electron chi connectivity index (χ0n) is 18.2. The predicted molar refractivity (Wildman–Crippen MR) is 122 cm³/mol. The number of nitrogens with two attached hydrogens (primary N) is 1. The van der Waals surface area contributed by atoms with Crippen LogP contribution in [0.1, 0.15) is 16.7 Å². The van der Waals surface area contributed by atoms with E-state index in [-0.39, 0.29) is 13.2 Å². The summed E-state index contributed by atoms with van der Waals surface area (Å²) in [7, 11) is 2.86. The fourth-order valence-corrected chi connectivity index (χ4v) is 4.00. The molecule has 0 unspecified atom stereocenters. The molecule has 0 fully saturated rings. The van der Waals surface area contributed by atoms with Crippen LogP contribution in [0.15, 0.2) is 54.1 Å². The third-order valence-electron chi connectivity index (χ3n) is 5.70. The van der Waals surface area contributed by atoms with Crippen LogP contribution in [-0.2, 0) is 16.1 Å². The zero-order valence-corrected chi connectivity index (χ0v) is 18.2. The van der Waals surface area contributed by atoms with Crippen LogP contribution in [0.4, 0.5) is 4.39 Å². The number of methoxy groups -OCH3 is 2. The van der Waals surface area contributed by atoms with Crippen molar-refractivity contribution in [1.29, 1.82) is 0 Å². The Kier molecular flexibility index (Phi) is 5.97. The Hall–Kier alpha value is -3.64. The van der Waals surface area contributed by atoms with Crippen LogP contribution in [-0.4, -0.2) is 26.8 Å². The van der Waals surface area contributed by atoms with E-state index in [1.54, 1.807) is 6.08 Å². The van der Waals surface area contributed by atoms with E-state index in [0.29, 0.717) is 28.2 Å². The van der Waals surface area contributed by atoms with E-state index < -0.39 is 11.8 Å². The molecule has 32 heavy (non-hydrogen) atoms.